The molecule has 3 aromatic rings. The van der Waals surface area contributed by atoms with Gasteiger partial charge in [0.1, 0.15) is 11.5 Å². The molecule has 7 heteroatoms. The number of aromatic nitrogens is 3. The van der Waals surface area contributed by atoms with Gasteiger partial charge in [-0.15, -0.1) is 5.10 Å². The third kappa shape index (κ3) is 2.93. The molecule has 25 heavy (non-hydrogen) atoms. The second-order valence-electron chi connectivity index (χ2n) is 6.06. The summed E-state index contributed by atoms with van der Waals surface area (Å²) >= 11 is 0. The zero-order chi connectivity index (χ0) is 17.4. The molecule has 0 aliphatic heterocycles. The van der Waals surface area contributed by atoms with Gasteiger partial charge in [0.15, 0.2) is 5.76 Å². The van der Waals surface area contributed by atoms with Crippen molar-refractivity contribution in [3.8, 4) is 23.1 Å². The monoisotopic (exact) mass is 341 g/mol. The zero-order valence-corrected chi connectivity index (χ0v) is 14.1. The number of hydrogen-bond acceptors (Lipinski definition) is 5. The molecule has 0 saturated heterocycles. The minimum Gasteiger partial charge on any atom is -0.497 e. The lowest BCUT2D eigenvalue weighted by molar-refractivity contribution is 0.393. The highest BCUT2D eigenvalue weighted by molar-refractivity contribution is 5.47. The van der Waals surface area contributed by atoms with E-state index in [2.05, 4.69) is 5.10 Å². The first kappa shape index (κ1) is 15.6. The van der Waals surface area contributed by atoms with Crippen LogP contribution in [-0.4, -0.2) is 28.6 Å². The molecule has 1 aliphatic rings. The SMILES string of the molecule is COc1cc(Cn2nc(-c3ccco3)n(C3CC3)c2=O)cc(OC)c1. The summed E-state index contributed by atoms with van der Waals surface area (Å²) in [6.45, 7) is 0.333. The van der Waals surface area contributed by atoms with E-state index in [1.54, 1.807) is 37.2 Å². The standard InChI is InChI=1S/C18H19N3O4/c1-23-14-8-12(9-15(10-14)24-2)11-20-18(22)21(13-5-6-13)17(19-20)16-4-3-7-25-16/h3-4,7-10,13H,5-6,11H2,1-2H3. The molecule has 2 heterocycles. The maximum Gasteiger partial charge on any atom is 0.346 e. The average Bonchev–Trinajstić information content (AvgIpc) is 3.21. The Labute approximate surface area is 144 Å². The first-order valence-corrected chi connectivity index (χ1v) is 8.14. The van der Waals surface area contributed by atoms with E-state index >= 15 is 0 Å². The van der Waals surface area contributed by atoms with Gasteiger partial charge in [0.05, 0.1) is 27.0 Å². The van der Waals surface area contributed by atoms with Crippen LogP contribution >= 0.6 is 0 Å². The van der Waals surface area contributed by atoms with Crippen LogP contribution in [0.25, 0.3) is 11.6 Å². The van der Waals surface area contributed by atoms with Crippen molar-refractivity contribution in [2.24, 2.45) is 0 Å². The van der Waals surface area contributed by atoms with Crippen LogP contribution in [-0.2, 0) is 6.54 Å². The van der Waals surface area contributed by atoms with E-state index in [1.165, 1.54) is 4.68 Å². The molecule has 130 valence electrons. The van der Waals surface area contributed by atoms with Crippen LogP contribution in [0.2, 0.25) is 0 Å². The van der Waals surface area contributed by atoms with Crippen LogP contribution in [0.3, 0.4) is 0 Å². The normalized spacial score (nSPS) is 13.8. The van der Waals surface area contributed by atoms with Gasteiger partial charge in [-0.1, -0.05) is 0 Å². The Kier molecular flexibility index (Phi) is 3.83. The molecule has 4 rings (SSSR count). The maximum atomic E-state index is 12.8. The average molecular weight is 341 g/mol. The van der Waals surface area contributed by atoms with Gasteiger partial charge in [-0.2, -0.15) is 0 Å². The number of hydrogen-bond donors (Lipinski definition) is 0. The topological polar surface area (TPSA) is 71.4 Å². The van der Waals surface area contributed by atoms with Crippen LogP contribution in [0, 0.1) is 0 Å². The molecule has 0 spiro atoms. The lowest BCUT2D eigenvalue weighted by Crippen LogP contribution is -2.25. The number of ether oxygens (including phenoxy) is 2. The highest BCUT2D eigenvalue weighted by atomic mass is 16.5. The third-order valence-corrected chi connectivity index (χ3v) is 4.27. The molecule has 1 aromatic carbocycles. The first-order chi connectivity index (χ1) is 12.2. The van der Waals surface area contributed by atoms with E-state index in [1.807, 2.05) is 18.2 Å². The fourth-order valence-electron chi connectivity index (χ4n) is 2.89. The molecule has 1 saturated carbocycles. The molecule has 0 atom stereocenters. The van der Waals surface area contributed by atoms with Crippen LogP contribution in [0.1, 0.15) is 24.4 Å². The number of furan rings is 1. The first-order valence-electron chi connectivity index (χ1n) is 8.14. The zero-order valence-electron chi connectivity index (χ0n) is 14.1. The molecule has 0 amide bonds. The smallest absolute Gasteiger partial charge is 0.346 e. The predicted octanol–water partition coefficient (Wildman–Crippen LogP) is 2.71. The predicted molar refractivity (Wildman–Crippen MR) is 91.1 cm³/mol. The Morgan fingerprint density at radius 1 is 1.20 bits per heavy atom. The Morgan fingerprint density at radius 2 is 1.92 bits per heavy atom. The van der Waals surface area contributed by atoms with Gasteiger partial charge in [0, 0.05) is 12.1 Å². The summed E-state index contributed by atoms with van der Waals surface area (Å²) in [7, 11) is 3.20. The minimum absolute atomic E-state index is 0.129. The van der Waals surface area contributed by atoms with Crippen molar-refractivity contribution in [1.82, 2.24) is 14.3 Å². The molecule has 1 aliphatic carbocycles. The molecular weight excluding hydrogens is 322 g/mol. The summed E-state index contributed by atoms with van der Waals surface area (Å²) in [5, 5.41) is 4.51. The van der Waals surface area contributed by atoms with E-state index in [0.717, 1.165) is 18.4 Å². The van der Waals surface area contributed by atoms with Gasteiger partial charge < -0.3 is 13.9 Å². The molecule has 1 fully saturated rings. The Hall–Kier alpha value is -2.96. The number of methoxy groups -OCH3 is 2. The lowest BCUT2D eigenvalue weighted by Gasteiger charge is -2.08. The van der Waals surface area contributed by atoms with E-state index in [4.69, 9.17) is 13.9 Å². The van der Waals surface area contributed by atoms with E-state index < -0.39 is 0 Å². The van der Waals surface area contributed by atoms with Gasteiger partial charge in [-0.25, -0.2) is 9.48 Å². The van der Waals surface area contributed by atoms with Crippen LogP contribution in [0.15, 0.2) is 45.8 Å². The summed E-state index contributed by atoms with van der Waals surface area (Å²) < 4.78 is 19.2. The molecule has 7 nitrogen and oxygen atoms in total. The third-order valence-electron chi connectivity index (χ3n) is 4.27. The fourth-order valence-corrected chi connectivity index (χ4v) is 2.89. The van der Waals surface area contributed by atoms with Gasteiger partial charge in [-0.3, -0.25) is 4.57 Å². The highest BCUT2D eigenvalue weighted by Crippen LogP contribution is 2.36. The number of nitrogens with zero attached hydrogens (tertiary/aromatic N) is 3. The molecule has 2 aromatic heterocycles. The molecule has 0 unspecified atom stereocenters. The number of rotatable bonds is 6. The minimum atomic E-state index is -0.129. The quantitative estimate of drug-likeness (QED) is 0.689. The van der Waals surface area contributed by atoms with Crippen LogP contribution < -0.4 is 15.2 Å². The van der Waals surface area contributed by atoms with Gasteiger partial charge >= 0.3 is 5.69 Å². The molecule has 0 radical (unpaired) electrons. The summed E-state index contributed by atoms with van der Waals surface area (Å²) in [4.78, 5) is 12.8. The van der Waals surface area contributed by atoms with E-state index in [-0.39, 0.29) is 11.7 Å². The van der Waals surface area contributed by atoms with Crippen molar-refractivity contribution in [2.75, 3.05) is 14.2 Å². The van der Waals surface area contributed by atoms with Gasteiger partial charge in [-0.05, 0) is 42.7 Å². The van der Waals surface area contributed by atoms with Gasteiger partial charge in [0.2, 0.25) is 5.82 Å². The van der Waals surface area contributed by atoms with E-state index in [9.17, 15) is 4.79 Å². The summed E-state index contributed by atoms with van der Waals surface area (Å²) in [5.41, 5.74) is 0.750. The second kappa shape index (κ2) is 6.16. The van der Waals surface area contributed by atoms with E-state index in [0.29, 0.717) is 29.6 Å². The maximum absolute atomic E-state index is 12.8. The fraction of sp³-hybridized carbons (Fsp3) is 0.333. The van der Waals surface area contributed by atoms with Crippen molar-refractivity contribution >= 4 is 0 Å². The van der Waals surface area contributed by atoms with Crippen molar-refractivity contribution in [1.29, 1.82) is 0 Å². The van der Waals surface area contributed by atoms with Crippen molar-refractivity contribution < 1.29 is 13.9 Å². The Bertz CT molecular complexity index is 914. The van der Waals surface area contributed by atoms with Crippen molar-refractivity contribution in [2.45, 2.75) is 25.4 Å². The molecule has 0 N–H and O–H groups in total. The van der Waals surface area contributed by atoms with Gasteiger partial charge in [0.25, 0.3) is 0 Å². The molecular formula is C18H19N3O4. The lowest BCUT2D eigenvalue weighted by atomic mass is 10.2. The summed E-state index contributed by atoms with van der Waals surface area (Å²) in [6, 6.07) is 9.36. The summed E-state index contributed by atoms with van der Waals surface area (Å²) in [5.74, 6) is 2.53. The molecule has 0 bridgehead atoms. The second-order valence-corrected chi connectivity index (χ2v) is 6.06. The summed E-state index contributed by atoms with van der Waals surface area (Å²) in [6.07, 6.45) is 3.57. The highest BCUT2D eigenvalue weighted by Gasteiger charge is 2.31. The van der Waals surface area contributed by atoms with Crippen molar-refractivity contribution in [3.63, 3.8) is 0 Å². The largest absolute Gasteiger partial charge is 0.497 e. The Balaban J connectivity index is 1.74. The van der Waals surface area contributed by atoms with Crippen LogP contribution in [0.4, 0.5) is 0 Å². The van der Waals surface area contributed by atoms with Crippen LogP contribution in [0.5, 0.6) is 11.5 Å². The number of benzene rings is 1. The van der Waals surface area contributed by atoms with Crippen molar-refractivity contribution in [3.05, 3.63) is 52.6 Å². The Morgan fingerprint density at radius 3 is 2.48 bits per heavy atom.